The third-order valence-corrected chi connectivity index (χ3v) is 2.24. The number of halogens is 2. The quantitative estimate of drug-likeness (QED) is 0.692. The molecule has 1 aliphatic heterocycles. The molecule has 1 saturated heterocycles. The standard InChI is InChI=1S/C8H16F2N2O/c1-12(3-8(9)10)2-6-4-13-5-7(6)11/h6-8H,2-5,11H2,1H3. The van der Waals surface area contributed by atoms with Crippen molar-refractivity contribution in [1.29, 1.82) is 0 Å². The van der Waals surface area contributed by atoms with Gasteiger partial charge in [-0.1, -0.05) is 0 Å². The molecule has 0 aromatic heterocycles. The summed E-state index contributed by atoms with van der Waals surface area (Å²) in [7, 11) is 1.68. The van der Waals surface area contributed by atoms with Gasteiger partial charge in [0.2, 0.25) is 0 Å². The van der Waals surface area contributed by atoms with Crippen molar-refractivity contribution in [3.05, 3.63) is 0 Å². The minimum Gasteiger partial charge on any atom is -0.379 e. The lowest BCUT2D eigenvalue weighted by Crippen LogP contribution is -2.38. The van der Waals surface area contributed by atoms with Crippen LogP contribution < -0.4 is 5.73 Å². The molecule has 0 bridgehead atoms. The van der Waals surface area contributed by atoms with Crippen LogP contribution in [0.15, 0.2) is 0 Å². The second-order valence-corrected chi connectivity index (χ2v) is 3.57. The lowest BCUT2D eigenvalue weighted by molar-refractivity contribution is 0.0900. The molecule has 0 aromatic rings. The topological polar surface area (TPSA) is 38.5 Å². The Balaban J connectivity index is 2.22. The molecule has 0 amide bonds. The van der Waals surface area contributed by atoms with Crippen molar-refractivity contribution >= 4 is 0 Å². The summed E-state index contributed by atoms with van der Waals surface area (Å²) < 4.78 is 29.0. The Hall–Kier alpha value is -0.260. The van der Waals surface area contributed by atoms with Crippen LogP contribution in [0.4, 0.5) is 8.78 Å². The van der Waals surface area contributed by atoms with Crippen molar-refractivity contribution in [3.8, 4) is 0 Å². The predicted octanol–water partition coefficient (Wildman–Crippen LogP) is 0.157. The maximum absolute atomic E-state index is 12.0. The molecule has 1 fully saturated rings. The van der Waals surface area contributed by atoms with Crippen LogP contribution in [0.5, 0.6) is 0 Å². The smallest absolute Gasteiger partial charge is 0.251 e. The van der Waals surface area contributed by atoms with E-state index in [1.807, 2.05) is 0 Å². The Morgan fingerprint density at radius 2 is 2.23 bits per heavy atom. The maximum Gasteiger partial charge on any atom is 0.251 e. The molecular formula is C8H16F2N2O. The molecule has 0 aromatic carbocycles. The van der Waals surface area contributed by atoms with Crippen molar-refractivity contribution in [2.24, 2.45) is 11.7 Å². The second-order valence-electron chi connectivity index (χ2n) is 3.57. The van der Waals surface area contributed by atoms with Gasteiger partial charge in [-0.15, -0.1) is 0 Å². The fourth-order valence-corrected chi connectivity index (χ4v) is 1.51. The van der Waals surface area contributed by atoms with Gasteiger partial charge in [-0.3, -0.25) is 0 Å². The molecule has 78 valence electrons. The summed E-state index contributed by atoms with van der Waals surface area (Å²) >= 11 is 0. The monoisotopic (exact) mass is 194 g/mol. The van der Waals surface area contributed by atoms with Crippen LogP contribution in [0.2, 0.25) is 0 Å². The van der Waals surface area contributed by atoms with E-state index in [1.165, 1.54) is 0 Å². The Kier molecular flexibility index (Phi) is 4.02. The van der Waals surface area contributed by atoms with Gasteiger partial charge in [0.25, 0.3) is 6.43 Å². The minimum atomic E-state index is -2.27. The number of nitrogens with two attached hydrogens (primary N) is 1. The zero-order chi connectivity index (χ0) is 9.84. The van der Waals surface area contributed by atoms with Crippen LogP contribution in [0.1, 0.15) is 0 Å². The van der Waals surface area contributed by atoms with Gasteiger partial charge in [0.15, 0.2) is 0 Å². The van der Waals surface area contributed by atoms with Crippen molar-refractivity contribution in [1.82, 2.24) is 4.90 Å². The van der Waals surface area contributed by atoms with E-state index < -0.39 is 6.43 Å². The first-order valence-corrected chi connectivity index (χ1v) is 4.39. The van der Waals surface area contributed by atoms with Gasteiger partial charge >= 0.3 is 0 Å². The van der Waals surface area contributed by atoms with Gasteiger partial charge in [-0.2, -0.15) is 0 Å². The van der Waals surface area contributed by atoms with E-state index in [-0.39, 0.29) is 18.5 Å². The highest BCUT2D eigenvalue weighted by molar-refractivity contribution is 4.80. The zero-order valence-electron chi connectivity index (χ0n) is 7.75. The van der Waals surface area contributed by atoms with E-state index in [0.717, 1.165) is 0 Å². The van der Waals surface area contributed by atoms with Crippen LogP contribution in [-0.4, -0.2) is 50.7 Å². The molecule has 1 aliphatic rings. The van der Waals surface area contributed by atoms with E-state index in [1.54, 1.807) is 11.9 Å². The molecule has 1 heterocycles. The van der Waals surface area contributed by atoms with Gasteiger partial charge in [-0.05, 0) is 7.05 Å². The molecule has 1 rings (SSSR count). The molecule has 2 atom stereocenters. The first-order valence-electron chi connectivity index (χ1n) is 4.39. The van der Waals surface area contributed by atoms with Gasteiger partial charge < -0.3 is 15.4 Å². The fraction of sp³-hybridized carbons (Fsp3) is 1.00. The Labute approximate surface area is 76.8 Å². The van der Waals surface area contributed by atoms with E-state index in [4.69, 9.17) is 10.5 Å². The average molecular weight is 194 g/mol. The first kappa shape index (κ1) is 10.8. The van der Waals surface area contributed by atoms with E-state index >= 15 is 0 Å². The zero-order valence-corrected chi connectivity index (χ0v) is 7.75. The minimum absolute atomic E-state index is 0.000113. The van der Waals surface area contributed by atoms with E-state index in [9.17, 15) is 8.78 Å². The molecule has 3 nitrogen and oxygen atoms in total. The third-order valence-electron chi connectivity index (χ3n) is 2.24. The number of nitrogens with zero attached hydrogens (tertiary/aromatic N) is 1. The highest BCUT2D eigenvalue weighted by Crippen LogP contribution is 2.12. The Bertz CT molecular complexity index is 157. The molecule has 2 N–H and O–H groups in total. The summed E-state index contributed by atoms with van der Waals surface area (Å²) in [6, 6.07) is 0.000113. The van der Waals surface area contributed by atoms with Crippen LogP contribution in [0.25, 0.3) is 0 Å². The highest BCUT2D eigenvalue weighted by Gasteiger charge is 2.26. The SMILES string of the molecule is CN(CC(F)F)CC1COCC1N. The van der Waals surface area contributed by atoms with Crippen LogP contribution in [0.3, 0.4) is 0 Å². The number of ether oxygens (including phenoxy) is 1. The Morgan fingerprint density at radius 3 is 2.69 bits per heavy atom. The predicted molar refractivity (Wildman–Crippen MR) is 45.8 cm³/mol. The first-order chi connectivity index (χ1) is 6.09. The van der Waals surface area contributed by atoms with Gasteiger partial charge in [0.05, 0.1) is 19.8 Å². The second kappa shape index (κ2) is 4.83. The van der Waals surface area contributed by atoms with Crippen LogP contribution in [-0.2, 0) is 4.74 Å². The maximum atomic E-state index is 12.0. The summed E-state index contributed by atoms with van der Waals surface area (Å²) in [5.74, 6) is 0.198. The third kappa shape index (κ3) is 3.54. The van der Waals surface area contributed by atoms with Crippen molar-refractivity contribution in [2.75, 3.05) is 33.4 Å². The molecule has 0 spiro atoms. The molecule has 0 radical (unpaired) electrons. The Morgan fingerprint density at radius 1 is 1.54 bits per heavy atom. The van der Waals surface area contributed by atoms with E-state index in [0.29, 0.717) is 19.8 Å². The van der Waals surface area contributed by atoms with Gasteiger partial charge in [-0.25, -0.2) is 8.78 Å². The van der Waals surface area contributed by atoms with Crippen molar-refractivity contribution in [2.45, 2.75) is 12.5 Å². The number of rotatable bonds is 4. The molecular weight excluding hydrogens is 178 g/mol. The molecule has 13 heavy (non-hydrogen) atoms. The highest BCUT2D eigenvalue weighted by atomic mass is 19.3. The summed E-state index contributed by atoms with van der Waals surface area (Å²) in [6.45, 7) is 1.54. The normalized spacial score (nSPS) is 29.1. The summed E-state index contributed by atoms with van der Waals surface area (Å²) in [6.07, 6.45) is -2.27. The van der Waals surface area contributed by atoms with Crippen molar-refractivity contribution < 1.29 is 13.5 Å². The van der Waals surface area contributed by atoms with E-state index in [2.05, 4.69) is 0 Å². The number of hydrogen-bond acceptors (Lipinski definition) is 3. The summed E-state index contributed by atoms with van der Waals surface area (Å²) in [4.78, 5) is 1.60. The molecule has 0 aliphatic carbocycles. The lowest BCUT2D eigenvalue weighted by Gasteiger charge is -2.21. The van der Waals surface area contributed by atoms with Crippen LogP contribution in [0, 0.1) is 5.92 Å². The van der Waals surface area contributed by atoms with Gasteiger partial charge in [0.1, 0.15) is 0 Å². The number of alkyl halides is 2. The average Bonchev–Trinajstić information content (AvgIpc) is 2.34. The lowest BCUT2D eigenvalue weighted by atomic mass is 10.0. The molecule has 0 saturated carbocycles. The molecule has 2 unspecified atom stereocenters. The van der Waals surface area contributed by atoms with Gasteiger partial charge in [0, 0.05) is 18.5 Å². The largest absolute Gasteiger partial charge is 0.379 e. The van der Waals surface area contributed by atoms with Crippen LogP contribution >= 0.6 is 0 Å². The van der Waals surface area contributed by atoms with Crippen molar-refractivity contribution in [3.63, 3.8) is 0 Å². The summed E-state index contributed by atoms with van der Waals surface area (Å²) in [5, 5.41) is 0. The molecule has 5 heteroatoms. The summed E-state index contributed by atoms with van der Waals surface area (Å²) in [5.41, 5.74) is 5.72. The number of hydrogen-bond donors (Lipinski definition) is 1. The fourth-order valence-electron chi connectivity index (χ4n) is 1.51.